The predicted molar refractivity (Wildman–Crippen MR) is 304 cm³/mol. The van der Waals surface area contributed by atoms with Gasteiger partial charge in [-0.2, -0.15) is 0 Å². The van der Waals surface area contributed by atoms with E-state index in [0.717, 1.165) is 66.8 Å². The minimum absolute atomic E-state index is 0.102. The molecule has 414 valence electrons. The highest BCUT2D eigenvalue weighted by atomic mass is 35.5. The molecule has 0 saturated heterocycles. The van der Waals surface area contributed by atoms with E-state index in [1.807, 2.05) is 47.9 Å². The van der Waals surface area contributed by atoms with Crippen molar-refractivity contribution in [2.75, 3.05) is 112 Å². The van der Waals surface area contributed by atoms with Gasteiger partial charge in [0.25, 0.3) is 0 Å². The second-order valence-electron chi connectivity index (χ2n) is 18.3. The van der Waals surface area contributed by atoms with Crippen LogP contribution in [0, 0.1) is 20.8 Å². The highest BCUT2D eigenvalue weighted by molar-refractivity contribution is 7.22. The molecule has 3 N–H and O–H groups in total. The van der Waals surface area contributed by atoms with Crippen LogP contribution < -0.4 is 10.1 Å². The largest absolute Gasteiger partial charge is 0.508 e. The molecule has 0 radical (unpaired) electrons. The number of halogens is 1. The van der Waals surface area contributed by atoms with Gasteiger partial charge in [-0.1, -0.05) is 30.7 Å². The lowest BCUT2D eigenvalue weighted by atomic mass is 9.97. The number of carbonyl (C=O) groups is 2. The minimum Gasteiger partial charge on any atom is -0.508 e. The Morgan fingerprint density at radius 1 is 0.692 bits per heavy atom. The number of aromatic hydroxyl groups is 2. The van der Waals surface area contributed by atoms with E-state index in [9.17, 15) is 19.8 Å². The van der Waals surface area contributed by atoms with Crippen molar-refractivity contribution in [3.05, 3.63) is 140 Å². The number of hydrogen-bond donors (Lipinski definition) is 3. The normalized spacial score (nSPS) is 13.2. The number of phenolic OH excluding ortho intramolecular Hbond substituents is 2. The topological polar surface area (TPSA) is 198 Å². The lowest BCUT2D eigenvalue weighted by Gasteiger charge is -2.20. The Balaban J connectivity index is 0.607. The molecule has 20 heteroatoms. The van der Waals surface area contributed by atoms with Gasteiger partial charge in [0.15, 0.2) is 11.6 Å². The molecular weight excluding hydrogens is 1060 g/mol. The van der Waals surface area contributed by atoms with E-state index in [1.165, 1.54) is 16.2 Å². The number of aryl methyl sites for hydroxylation is 2. The maximum Gasteiger partial charge on any atom is 0.222 e. The van der Waals surface area contributed by atoms with Crippen LogP contribution in [0.2, 0.25) is 5.02 Å². The molecule has 3 aromatic heterocycles. The number of thiophene rings is 2. The van der Waals surface area contributed by atoms with Crippen molar-refractivity contribution >= 4 is 61.8 Å². The van der Waals surface area contributed by atoms with Crippen LogP contribution in [-0.2, 0) is 33.2 Å². The summed E-state index contributed by atoms with van der Waals surface area (Å²) in [5.41, 5.74) is 5.77. The molecule has 8 rings (SSSR count). The maximum absolute atomic E-state index is 13.9. The van der Waals surface area contributed by atoms with Gasteiger partial charge in [-0.05, 0) is 117 Å². The lowest BCUT2D eigenvalue weighted by Crippen LogP contribution is -2.31. The number of benzene rings is 4. The number of ether oxygens (including phenoxy) is 7. The number of nitrogens with one attached hydrogen (secondary N) is 1. The van der Waals surface area contributed by atoms with E-state index < -0.39 is 6.04 Å². The lowest BCUT2D eigenvalue weighted by molar-refractivity contribution is -0.121. The second kappa shape index (κ2) is 29.2. The van der Waals surface area contributed by atoms with Gasteiger partial charge in [-0.25, -0.2) is 0 Å². The number of hydrogen-bond acceptors (Lipinski definition) is 17. The van der Waals surface area contributed by atoms with Crippen LogP contribution in [0.25, 0.3) is 25.5 Å². The Morgan fingerprint density at radius 2 is 1.28 bits per heavy atom. The second-order valence-corrected chi connectivity index (χ2v) is 21.0. The number of nitrogens with zero attached hydrogens (tertiary/aromatic N) is 5. The molecule has 7 aromatic rings. The molecule has 17 nitrogen and oxygen atoms in total. The summed E-state index contributed by atoms with van der Waals surface area (Å²) in [6, 6.07) is 26.0. The van der Waals surface area contributed by atoms with E-state index in [0.29, 0.717) is 127 Å². The zero-order valence-corrected chi connectivity index (χ0v) is 46.9. The Bertz CT molecular complexity index is 3090. The number of aliphatic imine (C=N–C) groups is 1. The number of carbonyl (C=O) groups excluding carboxylic acids is 2. The van der Waals surface area contributed by atoms with Gasteiger partial charge in [0, 0.05) is 66.8 Å². The van der Waals surface area contributed by atoms with E-state index in [4.69, 9.17) is 49.8 Å². The molecule has 1 atom stereocenters. The Morgan fingerprint density at radius 3 is 1.92 bits per heavy atom. The minimum atomic E-state index is -0.544. The molecule has 1 aliphatic heterocycles. The van der Waals surface area contributed by atoms with Crippen molar-refractivity contribution in [3.8, 4) is 32.7 Å². The molecule has 0 bridgehead atoms. The Labute approximate surface area is 467 Å². The predicted octanol–water partition coefficient (Wildman–Crippen LogP) is 9.33. The summed E-state index contributed by atoms with van der Waals surface area (Å²) in [6.07, 6.45) is 0.102. The number of phenols is 2. The highest BCUT2D eigenvalue weighted by Crippen LogP contribution is 2.42. The molecule has 1 amide bonds. The molecule has 4 heterocycles. The van der Waals surface area contributed by atoms with Gasteiger partial charge in [0.05, 0.1) is 91.4 Å². The maximum atomic E-state index is 13.9. The van der Waals surface area contributed by atoms with Gasteiger partial charge in [0.2, 0.25) is 5.91 Å². The van der Waals surface area contributed by atoms with Gasteiger partial charge in [-0.3, -0.25) is 24.0 Å². The van der Waals surface area contributed by atoms with Crippen LogP contribution in [-0.4, -0.2) is 159 Å². The van der Waals surface area contributed by atoms with Crippen molar-refractivity contribution in [2.45, 2.75) is 40.2 Å². The van der Waals surface area contributed by atoms with Crippen LogP contribution >= 0.6 is 34.3 Å². The van der Waals surface area contributed by atoms with E-state index in [-0.39, 0.29) is 29.6 Å². The smallest absolute Gasteiger partial charge is 0.222 e. The van der Waals surface area contributed by atoms with Crippen LogP contribution in [0.1, 0.15) is 68.5 Å². The third-order valence-corrected chi connectivity index (χ3v) is 15.6. The standard InChI is InChI=1S/C58H67ClN6O11S2/c1-5-64(22-25-76-47-17-10-42(11-18-47)55(69)53-48-19-16-46(67)36-50(48)78-56(53)43-8-14-45(66)15-9-43)21-24-71-27-29-73-31-33-75-35-34-74-32-30-72-28-26-70-23-20-60-51(68)37-49-57-63-62-40(4)65(57)58-52(38(2)39(3)77-58)54(61-49)41-6-12-44(59)13-7-41/h6-19,36,49,66-67H,5,20-35,37H2,1-4H3,(H,60,68)/t49-/m0/s1. The molecule has 0 spiro atoms. The fourth-order valence-electron chi connectivity index (χ4n) is 8.73. The summed E-state index contributed by atoms with van der Waals surface area (Å²) >= 11 is 9.33. The monoisotopic (exact) mass is 1120 g/mol. The summed E-state index contributed by atoms with van der Waals surface area (Å²) < 4.78 is 42.8. The van der Waals surface area contributed by atoms with Crippen LogP contribution in [0.4, 0.5) is 0 Å². The SMILES string of the molecule is CCN(CCOCCOCCOCCOCCOCCOCCNC(=O)C[C@@H]1N=C(c2ccc(Cl)cc2)c2c(sc(C)c2C)-n2c(C)nnc21)CCOc1ccc(C(=O)c2c(-c3ccc(O)cc3)sc3cc(O)ccc23)cc1. The van der Waals surface area contributed by atoms with Gasteiger partial charge in [0.1, 0.15) is 40.7 Å². The summed E-state index contributed by atoms with van der Waals surface area (Å²) in [5, 5.41) is 34.1. The Kier molecular flexibility index (Phi) is 21.7. The number of amides is 1. The van der Waals surface area contributed by atoms with E-state index >= 15 is 0 Å². The first-order valence-corrected chi connectivity index (χ1v) is 28.1. The summed E-state index contributed by atoms with van der Waals surface area (Å²) in [7, 11) is 0. The van der Waals surface area contributed by atoms with Crippen LogP contribution in [0.15, 0.2) is 96.0 Å². The fraction of sp³-hybridized carbons (Fsp3) is 0.397. The number of rotatable bonds is 32. The van der Waals surface area contributed by atoms with Crippen molar-refractivity contribution < 1.29 is 53.0 Å². The van der Waals surface area contributed by atoms with Crippen molar-refractivity contribution in [1.29, 1.82) is 0 Å². The van der Waals surface area contributed by atoms with Crippen molar-refractivity contribution in [2.24, 2.45) is 4.99 Å². The first-order valence-electron chi connectivity index (χ1n) is 26.1. The summed E-state index contributed by atoms with van der Waals surface area (Å²) in [6.45, 7) is 16.7. The van der Waals surface area contributed by atoms with Gasteiger partial charge < -0.3 is 48.7 Å². The van der Waals surface area contributed by atoms with Crippen molar-refractivity contribution in [1.82, 2.24) is 25.0 Å². The molecule has 78 heavy (non-hydrogen) atoms. The zero-order valence-electron chi connectivity index (χ0n) is 44.5. The van der Waals surface area contributed by atoms with E-state index in [1.54, 1.807) is 65.9 Å². The molecule has 0 aliphatic carbocycles. The van der Waals surface area contributed by atoms with Gasteiger partial charge in [-0.15, -0.1) is 32.9 Å². The van der Waals surface area contributed by atoms with Crippen LogP contribution in [0.5, 0.6) is 17.2 Å². The highest BCUT2D eigenvalue weighted by Gasteiger charge is 2.32. The molecular formula is C58H67ClN6O11S2. The third kappa shape index (κ3) is 15.6. The quantitative estimate of drug-likeness (QED) is 0.0266. The number of ketones is 1. The molecule has 0 fully saturated rings. The fourth-order valence-corrected chi connectivity index (χ4v) is 11.3. The van der Waals surface area contributed by atoms with Gasteiger partial charge >= 0.3 is 0 Å². The third-order valence-electron chi connectivity index (χ3n) is 13.0. The van der Waals surface area contributed by atoms with Crippen LogP contribution in [0.3, 0.4) is 0 Å². The molecule has 0 unspecified atom stereocenters. The first-order chi connectivity index (χ1) is 38.0. The zero-order chi connectivity index (χ0) is 54.8. The summed E-state index contributed by atoms with van der Waals surface area (Å²) in [5.74, 6) is 2.03. The first kappa shape index (κ1) is 58.1. The molecule has 1 aliphatic rings. The summed E-state index contributed by atoms with van der Waals surface area (Å²) in [4.78, 5) is 36.5. The van der Waals surface area contributed by atoms with Crippen molar-refractivity contribution in [3.63, 3.8) is 0 Å². The average molecular weight is 1120 g/mol. The average Bonchev–Trinajstić information content (AvgIpc) is 4.08. The molecule has 0 saturated carbocycles. The van der Waals surface area contributed by atoms with E-state index in [2.05, 4.69) is 41.2 Å². The number of fused-ring (bicyclic) bond motifs is 4. The molecule has 4 aromatic carbocycles. The number of aromatic nitrogens is 3. The number of likely N-dealkylation sites (N-methyl/N-ethyl adjacent to an activating group) is 1. The Hall–Kier alpha value is -6.10.